The zero-order valence-corrected chi connectivity index (χ0v) is 13.1. The lowest BCUT2D eigenvalue weighted by molar-refractivity contribution is -0.541. The molecule has 1 spiro atoms. The summed E-state index contributed by atoms with van der Waals surface area (Å²) in [5.74, 6) is 0.983. The first kappa shape index (κ1) is 14.1. The topological polar surface area (TPSA) is 79.4 Å². The molecule has 0 amide bonds. The molecule has 1 aliphatic carbocycles. The largest absolute Gasteiger partial charge is 0.357 e. The van der Waals surface area contributed by atoms with Gasteiger partial charge in [-0.2, -0.15) is 4.99 Å². The Morgan fingerprint density at radius 2 is 1.70 bits per heavy atom. The molecule has 0 aromatic heterocycles. The molecule has 5 heteroatoms. The van der Waals surface area contributed by atoms with Crippen molar-refractivity contribution in [1.82, 2.24) is 5.32 Å². The molecule has 2 aromatic carbocycles. The highest BCUT2D eigenvalue weighted by Gasteiger charge is 2.44. The van der Waals surface area contributed by atoms with Gasteiger partial charge in [-0.05, 0) is 24.3 Å². The van der Waals surface area contributed by atoms with Crippen LogP contribution in [0.15, 0.2) is 47.5 Å². The van der Waals surface area contributed by atoms with Crippen LogP contribution >= 0.6 is 0 Å². The van der Waals surface area contributed by atoms with Gasteiger partial charge in [0.1, 0.15) is 5.69 Å². The van der Waals surface area contributed by atoms with Crippen LogP contribution in [0.1, 0.15) is 32.1 Å². The lowest BCUT2D eigenvalue weighted by Gasteiger charge is -2.37. The van der Waals surface area contributed by atoms with Crippen LogP contribution in [-0.2, 0) is 0 Å². The van der Waals surface area contributed by atoms with Crippen LogP contribution in [0.3, 0.4) is 0 Å². The second-order valence-electron chi connectivity index (χ2n) is 6.38. The van der Waals surface area contributed by atoms with Gasteiger partial charge in [-0.3, -0.25) is 5.73 Å². The Morgan fingerprint density at radius 3 is 2.52 bits per heavy atom. The summed E-state index contributed by atoms with van der Waals surface area (Å²) in [5, 5.41) is 5.39. The third kappa shape index (κ3) is 2.23. The van der Waals surface area contributed by atoms with Gasteiger partial charge in [0.25, 0.3) is 5.96 Å². The van der Waals surface area contributed by atoms with Gasteiger partial charge < -0.3 is 5.73 Å². The van der Waals surface area contributed by atoms with E-state index >= 15 is 0 Å². The molecule has 5 nitrogen and oxygen atoms in total. The Labute approximate surface area is 135 Å². The summed E-state index contributed by atoms with van der Waals surface area (Å²) in [4.78, 5) is 4.80. The molecule has 4 rings (SSSR count). The maximum atomic E-state index is 6.37. The Bertz CT molecular complexity index is 810. The van der Waals surface area contributed by atoms with Gasteiger partial charge >= 0.3 is 5.96 Å². The number of aliphatic imine (C=N–C) groups is 1. The molecule has 0 radical (unpaired) electrons. The quantitative estimate of drug-likeness (QED) is 0.708. The molecule has 2 aromatic rings. The van der Waals surface area contributed by atoms with E-state index in [1.54, 1.807) is 0 Å². The van der Waals surface area contributed by atoms with E-state index in [0.717, 1.165) is 31.4 Å². The van der Waals surface area contributed by atoms with Crippen molar-refractivity contribution in [2.75, 3.05) is 0 Å². The molecule has 1 fully saturated rings. The smallest absolute Gasteiger partial charge is 0.357 e. The van der Waals surface area contributed by atoms with E-state index in [9.17, 15) is 0 Å². The van der Waals surface area contributed by atoms with Gasteiger partial charge in [0.2, 0.25) is 0 Å². The predicted molar refractivity (Wildman–Crippen MR) is 93.6 cm³/mol. The zero-order valence-electron chi connectivity index (χ0n) is 13.1. The van der Waals surface area contributed by atoms with Crippen molar-refractivity contribution in [1.29, 1.82) is 0 Å². The molecule has 1 aliphatic heterocycles. The van der Waals surface area contributed by atoms with Crippen molar-refractivity contribution in [3.63, 3.8) is 0 Å². The van der Waals surface area contributed by atoms with Crippen molar-refractivity contribution >= 4 is 28.4 Å². The van der Waals surface area contributed by atoms with Crippen molar-refractivity contribution in [3.05, 3.63) is 42.5 Å². The highest BCUT2D eigenvalue weighted by molar-refractivity contribution is 5.98. The van der Waals surface area contributed by atoms with Gasteiger partial charge in [0.05, 0.1) is 0 Å². The average molecular weight is 308 g/mol. The second kappa shape index (κ2) is 5.26. The Kier molecular flexibility index (Phi) is 3.22. The van der Waals surface area contributed by atoms with Crippen molar-refractivity contribution < 1.29 is 4.58 Å². The van der Waals surface area contributed by atoms with Crippen molar-refractivity contribution in [3.8, 4) is 0 Å². The van der Waals surface area contributed by atoms with Crippen LogP contribution in [0, 0.1) is 0 Å². The molecule has 23 heavy (non-hydrogen) atoms. The Hall–Kier alpha value is -2.56. The molecule has 1 heterocycles. The first-order valence-corrected chi connectivity index (χ1v) is 8.22. The predicted octanol–water partition coefficient (Wildman–Crippen LogP) is 2.38. The van der Waals surface area contributed by atoms with E-state index in [-0.39, 0.29) is 5.66 Å². The van der Waals surface area contributed by atoms with E-state index in [0.29, 0.717) is 11.9 Å². The summed E-state index contributed by atoms with van der Waals surface area (Å²) in [6.45, 7) is 0. The van der Waals surface area contributed by atoms with Crippen LogP contribution < -0.4 is 16.8 Å². The zero-order chi connectivity index (χ0) is 15.9. The number of nitrogens with one attached hydrogen (secondary N) is 1. The van der Waals surface area contributed by atoms with Gasteiger partial charge in [-0.1, -0.05) is 42.8 Å². The second-order valence-corrected chi connectivity index (χ2v) is 6.38. The minimum atomic E-state index is -0.359. The first-order chi connectivity index (χ1) is 11.2. The molecule has 0 saturated heterocycles. The summed E-state index contributed by atoms with van der Waals surface area (Å²) >= 11 is 0. The van der Waals surface area contributed by atoms with Crippen molar-refractivity contribution in [2.24, 2.45) is 16.5 Å². The molecule has 0 unspecified atom stereocenters. The normalized spacial score (nSPS) is 20.4. The average Bonchev–Trinajstić information content (AvgIpc) is 2.55. The van der Waals surface area contributed by atoms with E-state index in [2.05, 4.69) is 52.4 Å². The van der Waals surface area contributed by atoms with Crippen LogP contribution in [0.4, 0.5) is 5.69 Å². The summed E-state index contributed by atoms with van der Waals surface area (Å²) in [6.07, 6.45) is 5.48. The van der Waals surface area contributed by atoms with Crippen LogP contribution in [0.5, 0.6) is 0 Å². The minimum Gasteiger partial charge on any atom is -0.357 e. The van der Waals surface area contributed by atoms with Crippen LogP contribution in [0.25, 0.3) is 10.8 Å². The van der Waals surface area contributed by atoms with Gasteiger partial charge in [0.15, 0.2) is 5.66 Å². The number of nitrogens with zero attached hydrogens (tertiary/aromatic N) is 2. The number of fused-ring (bicyclic) bond motifs is 1. The van der Waals surface area contributed by atoms with E-state index < -0.39 is 0 Å². The van der Waals surface area contributed by atoms with Crippen LogP contribution in [0.2, 0.25) is 0 Å². The summed E-state index contributed by atoms with van der Waals surface area (Å²) in [6, 6.07) is 14.7. The molecule has 118 valence electrons. The summed E-state index contributed by atoms with van der Waals surface area (Å²) in [5.41, 5.74) is 13.1. The Morgan fingerprint density at radius 1 is 0.957 bits per heavy atom. The third-order valence-corrected chi connectivity index (χ3v) is 4.90. The van der Waals surface area contributed by atoms with E-state index in [1.807, 2.05) is 0 Å². The minimum absolute atomic E-state index is 0.359. The molecule has 1 saturated carbocycles. The monoisotopic (exact) mass is 308 g/mol. The number of nitrogens with two attached hydrogens (primary N) is 2. The van der Waals surface area contributed by atoms with Crippen LogP contribution in [-0.4, -0.2) is 22.2 Å². The number of rotatable bonds is 1. The van der Waals surface area contributed by atoms with Gasteiger partial charge in [-0.25, -0.2) is 9.89 Å². The summed E-state index contributed by atoms with van der Waals surface area (Å²) in [7, 11) is 0. The number of guanidine groups is 2. The first-order valence-electron chi connectivity index (χ1n) is 8.22. The highest BCUT2D eigenvalue weighted by atomic mass is 15.4. The fourth-order valence-corrected chi connectivity index (χ4v) is 3.92. The van der Waals surface area contributed by atoms with E-state index in [1.165, 1.54) is 17.2 Å². The lowest BCUT2D eigenvalue weighted by Crippen LogP contribution is -2.58. The number of hydrogen-bond acceptors (Lipinski definition) is 4. The lowest BCUT2D eigenvalue weighted by atomic mass is 9.87. The Balaban J connectivity index is 1.95. The molecular formula is C18H22N5+. The van der Waals surface area contributed by atoms with E-state index in [4.69, 9.17) is 16.5 Å². The van der Waals surface area contributed by atoms with Crippen molar-refractivity contribution in [2.45, 2.75) is 37.8 Å². The van der Waals surface area contributed by atoms with Gasteiger partial charge in [0, 0.05) is 18.2 Å². The number of benzene rings is 2. The summed E-state index contributed by atoms with van der Waals surface area (Å²) < 4.78 is 2.16. The highest BCUT2D eigenvalue weighted by Crippen LogP contribution is 2.39. The van der Waals surface area contributed by atoms with Gasteiger partial charge in [-0.15, -0.1) is 0 Å². The molecular weight excluding hydrogens is 286 g/mol. The number of hydrogen-bond donors (Lipinski definition) is 3. The fraction of sp³-hybridized carbons (Fsp3) is 0.333. The molecule has 0 atom stereocenters. The molecule has 2 aliphatic rings. The molecule has 5 N–H and O–H groups in total. The standard InChI is InChI=1S/C18H21N5/c19-16-21-17(20)23(18(22-16)11-4-1-5-12-18)15-10-6-8-13-7-2-3-9-14(13)15/h2-3,6-10H,1,4-5,11-12H2,(H4,19,20,21,22)/p+1. The maximum absolute atomic E-state index is 6.37. The third-order valence-electron chi connectivity index (χ3n) is 4.90. The maximum Gasteiger partial charge on any atom is 0.357 e. The SMILES string of the molecule is NC1=NC2(CCCCC2)[N+](c2cccc3ccccc23)=C(N)N1. The molecule has 0 bridgehead atoms. The fourth-order valence-electron chi connectivity index (χ4n) is 3.92.